The van der Waals surface area contributed by atoms with E-state index in [1.54, 1.807) is 0 Å². The van der Waals surface area contributed by atoms with Gasteiger partial charge in [-0.1, -0.05) is 6.92 Å². The van der Waals surface area contributed by atoms with Crippen LogP contribution in [0.2, 0.25) is 0 Å². The van der Waals surface area contributed by atoms with Gasteiger partial charge in [-0.3, -0.25) is 0 Å². The third-order valence-corrected chi connectivity index (χ3v) is 5.39. The van der Waals surface area contributed by atoms with Gasteiger partial charge >= 0.3 is 0 Å². The summed E-state index contributed by atoms with van der Waals surface area (Å²) in [5.74, 6) is 0. The van der Waals surface area contributed by atoms with Crippen LogP contribution in [0, 0.1) is 0 Å². The van der Waals surface area contributed by atoms with E-state index in [0.29, 0.717) is 11.6 Å². The van der Waals surface area contributed by atoms with Crippen LogP contribution in [0.1, 0.15) is 54.9 Å². The number of likely N-dealkylation sites (N-methyl/N-ethyl adjacent to an activating group) is 1. The van der Waals surface area contributed by atoms with Crippen LogP contribution < -0.4 is 0 Å². The molecule has 1 rings (SSSR count). The molecule has 1 aliphatic heterocycles. The first-order valence-corrected chi connectivity index (χ1v) is 6.97. The summed E-state index contributed by atoms with van der Waals surface area (Å²) in [7, 11) is 0. The molecular weight excluding hydrogens is 196 g/mol. The summed E-state index contributed by atoms with van der Waals surface area (Å²) in [5, 5.41) is 0. The lowest BCUT2D eigenvalue weighted by atomic mass is 9.97. The maximum absolute atomic E-state index is 2.73. The summed E-state index contributed by atoms with van der Waals surface area (Å²) in [5.41, 5.74) is 0.345. The molecule has 1 heterocycles. The Kier molecular flexibility index (Phi) is 4.07. The fourth-order valence-electron chi connectivity index (χ4n) is 3.22. The molecule has 0 bridgehead atoms. The van der Waals surface area contributed by atoms with E-state index in [-0.39, 0.29) is 0 Å². The van der Waals surface area contributed by atoms with Crippen molar-refractivity contribution in [3.05, 3.63) is 0 Å². The average molecular weight is 227 g/mol. The highest BCUT2D eigenvalue weighted by Gasteiger charge is 2.49. The van der Waals surface area contributed by atoms with Crippen molar-refractivity contribution in [2.75, 3.05) is 19.8 Å². The van der Waals surface area contributed by atoms with Gasteiger partial charge in [0.1, 0.15) is 12.7 Å². The van der Waals surface area contributed by atoms with Gasteiger partial charge in [-0.25, -0.2) is 4.90 Å². The van der Waals surface area contributed by atoms with Gasteiger partial charge in [-0.05, 0) is 48.0 Å². The molecule has 2 unspecified atom stereocenters. The normalized spacial score (nSPS) is 30.9. The van der Waals surface area contributed by atoms with Crippen LogP contribution in [0.3, 0.4) is 0 Å². The van der Waals surface area contributed by atoms with Gasteiger partial charge in [0.25, 0.3) is 0 Å². The fourth-order valence-corrected chi connectivity index (χ4v) is 3.22. The Bertz CT molecular complexity index is 231. The Morgan fingerprint density at radius 2 is 1.62 bits per heavy atom. The van der Waals surface area contributed by atoms with Crippen molar-refractivity contribution in [1.29, 1.82) is 0 Å². The summed E-state index contributed by atoms with van der Waals surface area (Å²) in [6, 6.07) is 1.47. The zero-order chi connectivity index (χ0) is 12.6. The number of quaternary nitrogens is 1. The molecule has 0 aliphatic carbocycles. The van der Waals surface area contributed by atoms with E-state index < -0.39 is 0 Å². The average Bonchev–Trinajstić information content (AvgIpc) is 2.54. The number of nitrogens with zero attached hydrogens (tertiary/aromatic N) is 2. The van der Waals surface area contributed by atoms with E-state index in [1.165, 1.54) is 30.7 Å². The van der Waals surface area contributed by atoms with Gasteiger partial charge in [-0.15, -0.1) is 0 Å². The monoisotopic (exact) mass is 227 g/mol. The zero-order valence-electron chi connectivity index (χ0n) is 12.4. The zero-order valence-corrected chi connectivity index (χ0v) is 12.4. The third kappa shape index (κ3) is 2.02. The van der Waals surface area contributed by atoms with Crippen LogP contribution in [-0.4, -0.2) is 46.8 Å². The summed E-state index contributed by atoms with van der Waals surface area (Å²) in [6.07, 6.45) is 1.23. The highest BCUT2D eigenvalue weighted by Crippen LogP contribution is 2.35. The predicted octanol–water partition coefficient (Wildman–Crippen LogP) is 3.08. The Balaban J connectivity index is 2.95. The van der Waals surface area contributed by atoms with Crippen LogP contribution >= 0.6 is 0 Å². The smallest absolute Gasteiger partial charge is 0.136 e. The molecule has 2 heteroatoms. The highest BCUT2D eigenvalue weighted by atomic mass is 15.5. The first-order valence-electron chi connectivity index (χ1n) is 6.97. The minimum Gasteiger partial charge on any atom is -0.308 e. The molecule has 0 saturated carbocycles. The van der Waals surface area contributed by atoms with Crippen molar-refractivity contribution in [2.24, 2.45) is 0 Å². The minimum atomic E-state index is 0.345. The van der Waals surface area contributed by atoms with E-state index >= 15 is 0 Å². The van der Waals surface area contributed by atoms with Gasteiger partial charge in [0.05, 0.1) is 19.1 Å². The Labute approximate surface area is 102 Å². The SMILES string of the molecule is CCC(C)(C)N1C[N+](CC)(CC)C(C)C1C. The molecule has 0 radical (unpaired) electrons. The maximum Gasteiger partial charge on any atom is 0.136 e. The molecule has 0 aromatic heterocycles. The fraction of sp³-hybridized carbons (Fsp3) is 1.00. The standard InChI is InChI=1S/C14H31N2/c1-8-14(6,7)15-11-16(9-2,10-3)13(5)12(15)4/h12-13H,8-11H2,1-7H3/q+1. The molecule has 2 nitrogen and oxygen atoms in total. The van der Waals surface area contributed by atoms with Gasteiger partial charge in [0.2, 0.25) is 0 Å². The molecular formula is C14H31N2+. The Morgan fingerprint density at radius 3 is 1.94 bits per heavy atom. The summed E-state index contributed by atoms with van der Waals surface area (Å²) >= 11 is 0. The van der Waals surface area contributed by atoms with E-state index in [2.05, 4.69) is 53.4 Å². The molecule has 0 amide bonds. The van der Waals surface area contributed by atoms with Crippen LogP contribution in [-0.2, 0) is 0 Å². The number of hydrogen-bond acceptors (Lipinski definition) is 1. The number of hydrogen-bond donors (Lipinski definition) is 0. The lowest BCUT2D eigenvalue weighted by Crippen LogP contribution is -2.52. The second kappa shape index (κ2) is 4.66. The van der Waals surface area contributed by atoms with E-state index in [1.807, 2.05) is 0 Å². The Morgan fingerprint density at radius 1 is 1.12 bits per heavy atom. The topological polar surface area (TPSA) is 3.24 Å². The summed E-state index contributed by atoms with van der Waals surface area (Å²) < 4.78 is 1.27. The van der Waals surface area contributed by atoms with Crippen molar-refractivity contribution < 1.29 is 4.48 Å². The highest BCUT2D eigenvalue weighted by molar-refractivity contribution is 4.89. The second-order valence-electron chi connectivity index (χ2n) is 6.11. The third-order valence-electron chi connectivity index (χ3n) is 5.39. The largest absolute Gasteiger partial charge is 0.308 e. The van der Waals surface area contributed by atoms with Gasteiger partial charge < -0.3 is 4.48 Å². The molecule has 96 valence electrons. The summed E-state index contributed by atoms with van der Waals surface area (Å²) in [4.78, 5) is 2.73. The molecule has 1 saturated heterocycles. The maximum atomic E-state index is 2.73. The first-order chi connectivity index (χ1) is 7.34. The quantitative estimate of drug-likeness (QED) is 0.667. The lowest BCUT2D eigenvalue weighted by Gasteiger charge is -2.38. The molecule has 0 N–H and O–H groups in total. The molecule has 0 aromatic rings. The molecule has 1 aliphatic rings. The van der Waals surface area contributed by atoms with Crippen molar-refractivity contribution in [3.63, 3.8) is 0 Å². The van der Waals surface area contributed by atoms with E-state index in [4.69, 9.17) is 0 Å². The molecule has 1 fully saturated rings. The Hall–Kier alpha value is -0.0800. The van der Waals surface area contributed by atoms with Gasteiger partial charge in [-0.2, -0.15) is 0 Å². The van der Waals surface area contributed by atoms with Crippen LogP contribution in [0.15, 0.2) is 0 Å². The molecule has 16 heavy (non-hydrogen) atoms. The van der Waals surface area contributed by atoms with Crippen molar-refractivity contribution in [2.45, 2.75) is 72.5 Å². The van der Waals surface area contributed by atoms with Crippen molar-refractivity contribution in [1.82, 2.24) is 4.90 Å². The second-order valence-corrected chi connectivity index (χ2v) is 6.11. The molecule has 0 aromatic carbocycles. The van der Waals surface area contributed by atoms with Gasteiger partial charge in [0.15, 0.2) is 0 Å². The number of rotatable bonds is 4. The predicted molar refractivity (Wildman–Crippen MR) is 71.3 cm³/mol. The van der Waals surface area contributed by atoms with Crippen LogP contribution in [0.25, 0.3) is 0 Å². The van der Waals surface area contributed by atoms with E-state index in [9.17, 15) is 0 Å². The van der Waals surface area contributed by atoms with Crippen molar-refractivity contribution >= 4 is 0 Å². The lowest BCUT2D eigenvalue weighted by molar-refractivity contribution is -0.938. The van der Waals surface area contributed by atoms with Crippen LogP contribution in [0.5, 0.6) is 0 Å². The summed E-state index contributed by atoms with van der Waals surface area (Å²) in [6.45, 7) is 20.4. The van der Waals surface area contributed by atoms with Gasteiger partial charge in [0, 0.05) is 5.54 Å². The molecule has 0 spiro atoms. The molecule has 2 atom stereocenters. The van der Waals surface area contributed by atoms with E-state index in [0.717, 1.165) is 6.04 Å². The van der Waals surface area contributed by atoms with Crippen molar-refractivity contribution in [3.8, 4) is 0 Å². The van der Waals surface area contributed by atoms with Crippen LogP contribution in [0.4, 0.5) is 0 Å². The first kappa shape index (κ1) is 14.0. The minimum absolute atomic E-state index is 0.345.